The van der Waals surface area contributed by atoms with Gasteiger partial charge < -0.3 is 24.6 Å². The third-order valence-corrected chi connectivity index (χ3v) is 7.94. The zero-order valence-corrected chi connectivity index (χ0v) is 24.6. The van der Waals surface area contributed by atoms with Gasteiger partial charge in [0.15, 0.2) is 17.3 Å². The van der Waals surface area contributed by atoms with Gasteiger partial charge in [0.05, 0.1) is 16.7 Å². The number of rotatable bonds is 9. The number of phenols is 1. The average molecular weight is 619 g/mol. The molecule has 2 N–H and O–H groups in total. The summed E-state index contributed by atoms with van der Waals surface area (Å²) in [5.74, 6) is -0.338. The van der Waals surface area contributed by atoms with Crippen LogP contribution in [0.3, 0.4) is 0 Å². The number of hydrogen-bond acceptors (Lipinski definition) is 7. The van der Waals surface area contributed by atoms with E-state index in [0.717, 1.165) is 11.3 Å². The third kappa shape index (κ3) is 6.17. The number of halogens is 1. The lowest BCUT2D eigenvalue weighted by atomic mass is 9.71. The standard InChI is InChI=1S/C33H32BrNO6/c1-3-39-28-19-23(16-25(34)32(28)37)30-29(33(38)41-15-14-40-24-12-8-5-9-13-24)20(2)35-26-17-22(18-27(36)31(26)30)21-10-6-4-7-11-21/h4-13,16,19,22,30,35,37H,3,14-15,17-18H2,1-2H3/t22-,30+/m0/s1. The van der Waals surface area contributed by atoms with Gasteiger partial charge in [-0.25, -0.2) is 4.79 Å². The van der Waals surface area contributed by atoms with Crippen LogP contribution in [0.4, 0.5) is 0 Å². The number of Topliss-reactive ketones (excluding diaryl/α,β-unsaturated/α-hetero) is 1. The number of hydrogen-bond donors (Lipinski definition) is 2. The lowest BCUT2D eigenvalue weighted by Gasteiger charge is -2.37. The largest absolute Gasteiger partial charge is 0.503 e. The van der Waals surface area contributed by atoms with Gasteiger partial charge in [-0.05, 0) is 77.5 Å². The minimum absolute atomic E-state index is 0.0255. The van der Waals surface area contributed by atoms with Gasteiger partial charge >= 0.3 is 5.97 Å². The van der Waals surface area contributed by atoms with Crippen LogP contribution in [0.25, 0.3) is 0 Å². The Labute approximate surface area is 248 Å². The molecule has 2 atom stereocenters. The van der Waals surface area contributed by atoms with Crippen molar-refractivity contribution in [2.45, 2.75) is 38.5 Å². The molecule has 0 radical (unpaired) electrons. The van der Waals surface area contributed by atoms with E-state index in [4.69, 9.17) is 14.2 Å². The van der Waals surface area contributed by atoms with Crippen LogP contribution >= 0.6 is 15.9 Å². The number of carbonyl (C=O) groups is 2. The summed E-state index contributed by atoms with van der Waals surface area (Å²) in [7, 11) is 0. The Bertz CT molecular complexity index is 1500. The molecule has 0 bridgehead atoms. The summed E-state index contributed by atoms with van der Waals surface area (Å²) in [6.45, 7) is 4.21. The summed E-state index contributed by atoms with van der Waals surface area (Å²) in [6.07, 6.45) is 0.953. The van der Waals surface area contributed by atoms with Crippen molar-refractivity contribution in [1.82, 2.24) is 5.32 Å². The van der Waals surface area contributed by atoms with E-state index in [2.05, 4.69) is 21.2 Å². The Morgan fingerprint density at radius 2 is 1.68 bits per heavy atom. The van der Waals surface area contributed by atoms with Gasteiger partial charge in [0.2, 0.25) is 0 Å². The molecule has 1 heterocycles. The molecule has 0 saturated carbocycles. The first-order valence-corrected chi connectivity index (χ1v) is 14.5. The van der Waals surface area contributed by atoms with Crippen molar-refractivity contribution in [3.63, 3.8) is 0 Å². The minimum Gasteiger partial charge on any atom is -0.503 e. The molecule has 3 aromatic rings. The molecule has 2 aliphatic rings. The number of nitrogens with one attached hydrogen (secondary N) is 1. The lowest BCUT2D eigenvalue weighted by molar-refractivity contribution is -0.140. The molecular weight excluding hydrogens is 586 g/mol. The predicted octanol–water partition coefficient (Wildman–Crippen LogP) is 6.54. The fraction of sp³-hybridized carbons (Fsp3) is 0.273. The zero-order valence-electron chi connectivity index (χ0n) is 23.0. The second kappa shape index (κ2) is 12.6. The van der Waals surface area contributed by atoms with Gasteiger partial charge in [0.1, 0.15) is 19.0 Å². The number of ketones is 1. The molecule has 0 aromatic heterocycles. The molecule has 3 aromatic carbocycles. The van der Waals surface area contributed by atoms with Crippen LogP contribution in [-0.2, 0) is 14.3 Å². The first kappa shape index (κ1) is 28.5. The Morgan fingerprint density at radius 1 is 0.976 bits per heavy atom. The smallest absolute Gasteiger partial charge is 0.336 e. The molecule has 7 nitrogen and oxygen atoms in total. The van der Waals surface area contributed by atoms with Gasteiger partial charge in [0, 0.05) is 29.3 Å². The van der Waals surface area contributed by atoms with Crippen LogP contribution in [0.1, 0.15) is 49.7 Å². The van der Waals surface area contributed by atoms with Crippen molar-refractivity contribution in [2.75, 3.05) is 19.8 Å². The number of para-hydroxylation sites is 1. The fourth-order valence-electron chi connectivity index (χ4n) is 5.52. The molecule has 41 heavy (non-hydrogen) atoms. The van der Waals surface area contributed by atoms with Crippen LogP contribution in [-0.4, -0.2) is 36.7 Å². The van der Waals surface area contributed by atoms with Crippen molar-refractivity contribution in [2.24, 2.45) is 0 Å². The highest BCUT2D eigenvalue weighted by Crippen LogP contribution is 2.48. The molecule has 0 amide bonds. The summed E-state index contributed by atoms with van der Waals surface area (Å²) in [5.41, 5.74) is 4.04. The molecular formula is C33H32BrNO6. The van der Waals surface area contributed by atoms with E-state index in [0.29, 0.717) is 52.1 Å². The summed E-state index contributed by atoms with van der Waals surface area (Å²) in [5, 5.41) is 14.0. The summed E-state index contributed by atoms with van der Waals surface area (Å²) >= 11 is 3.43. The van der Waals surface area contributed by atoms with Gasteiger partial charge in [-0.2, -0.15) is 0 Å². The van der Waals surface area contributed by atoms with Gasteiger partial charge in [-0.15, -0.1) is 0 Å². The number of dihydropyridines is 1. The van der Waals surface area contributed by atoms with Crippen molar-refractivity contribution in [3.8, 4) is 17.2 Å². The highest BCUT2D eigenvalue weighted by Gasteiger charge is 2.42. The second-order valence-corrected chi connectivity index (χ2v) is 10.9. The van der Waals surface area contributed by atoms with Crippen LogP contribution in [0, 0.1) is 0 Å². The molecule has 0 saturated heterocycles. The van der Waals surface area contributed by atoms with Crippen LogP contribution in [0.2, 0.25) is 0 Å². The maximum Gasteiger partial charge on any atom is 0.336 e. The summed E-state index contributed by atoms with van der Waals surface area (Å²) in [6, 6.07) is 22.7. The number of carbonyl (C=O) groups excluding carboxylic acids is 2. The molecule has 212 valence electrons. The number of phenolic OH excluding ortho intramolecular Hbond substituents is 1. The van der Waals surface area contributed by atoms with Crippen molar-refractivity contribution in [3.05, 3.63) is 111 Å². The van der Waals surface area contributed by atoms with Gasteiger partial charge in [-0.1, -0.05) is 48.5 Å². The lowest BCUT2D eigenvalue weighted by Crippen LogP contribution is -2.36. The monoisotopic (exact) mass is 617 g/mol. The second-order valence-electron chi connectivity index (χ2n) is 10.0. The maximum absolute atomic E-state index is 13.9. The molecule has 0 fully saturated rings. The van der Waals surface area contributed by atoms with E-state index in [1.165, 1.54) is 0 Å². The molecule has 8 heteroatoms. The van der Waals surface area contributed by atoms with Gasteiger partial charge in [0.25, 0.3) is 0 Å². The fourth-order valence-corrected chi connectivity index (χ4v) is 5.98. The molecule has 1 aliphatic carbocycles. The van der Waals surface area contributed by atoms with E-state index in [1.807, 2.05) is 74.5 Å². The van der Waals surface area contributed by atoms with E-state index >= 15 is 0 Å². The van der Waals surface area contributed by atoms with Crippen molar-refractivity contribution in [1.29, 1.82) is 0 Å². The number of allylic oxidation sites excluding steroid dienone is 3. The van der Waals surface area contributed by atoms with Gasteiger partial charge in [-0.3, -0.25) is 4.79 Å². The predicted molar refractivity (Wildman–Crippen MR) is 159 cm³/mol. The van der Waals surface area contributed by atoms with E-state index in [-0.39, 0.29) is 36.4 Å². The normalized spacial score (nSPS) is 18.5. The number of aromatic hydroxyl groups is 1. The Hall–Kier alpha value is -4.04. The molecule has 0 unspecified atom stereocenters. The van der Waals surface area contributed by atoms with Crippen LogP contribution in [0.5, 0.6) is 17.2 Å². The first-order chi connectivity index (χ1) is 19.9. The third-order valence-electron chi connectivity index (χ3n) is 7.33. The maximum atomic E-state index is 13.9. The van der Waals surface area contributed by atoms with Crippen LogP contribution in [0.15, 0.2) is 99.8 Å². The highest BCUT2D eigenvalue weighted by molar-refractivity contribution is 9.10. The van der Waals surface area contributed by atoms with Crippen molar-refractivity contribution >= 4 is 27.7 Å². The molecule has 5 rings (SSSR count). The summed E-state index contributed by atoms with van der Waals surface area (Å²) < 4.78 is 17.5. The topological polar surface area (TPSA) is 94.1 Å². The average Bonchev–Trinajstić information content (AvgIpc) is 2.97. The van der Waals surface area contributed by atoms with Crippen LogP contribution < -0.4 is 14.8 Å². The Kier molecular flexibility index (Phi) is 8.78. The Balaban J connectivity index is 1.48. The minimum atomic E-state index is -0.700. The number of benzene rings is 3. The van der Waals surface area contributed by atoms with E-state index in [9.17, 15) is 14.7 Å². The molecule has 1 aliphatic heterocycles. The van der Waals surface area contributed by atoms with Crippen molar-refractivity contribution < 1.29 is 28.9 Å². The van der Waals surface area contributed by atoms with E-state index in [1.54, 1.807) is 12.1 Å². The zero-order chi connectivity index (χ0) is 28.9. The number of ether oxygens (including phenoxy) is 3. The van der Waals surface area contributed by atoms with E-state index < -0.39 is 11.9 Å². The quantitative estimate of drug-likeness (QED) is 0.208. The summed E-state index contributed by atoms with van der Waals surface area (Å²) in [4.78, 5) is 27.5. The number of esters is 1. The highest BCUT2D eigenvalue weighted by atomic mass is 79.9. The molecule has 0 spiro atoms. The first-order valence-electron chi connectivity index (χ1n) is 13.7. The SMILES string of the molecule is CCOc1cc([C@@H]2C(C(=O)OCCOc3ccccc3)=C(C)NC3=C2C(=O)C[C@@H](c2ccccc2)C3)cc(Br)c1O. The Morgan fingerprint density at radius 3 is 2.39 bits per heavy atom.